The molecular formula is C15H21NO2. The Hall–Kier alpha value is -1.35. The van der Waals surface area contributed by atoms with Crippen LogP contribution in [0.25, 0.3) is 0 Å². The van der Waals surface area contributed by atoms with Gasteiger partial charge in [0.2, 0.25) is 0 Å². The summed E-state index contributed by atoms with van der Waals surface area (Å²) >= 11 is 0. The Labute approximate surface area is 109 Å². The van der Waals surface area contributed by atoms with Gasteiger partial charge in [0.25, 0.3) is 0 Å². The Morgan fingerprint density at radius 3 is 2.56 bits per heavy atom. The predicted molar refractivity (Wildman–Crippen MR) is 70.5 cm³/mol. The highest BCUT2D eigenvalue weighted by molar-refractivity contribution is 5.74. The summed E-state index contributed by atoms with van der Waals surface area (Å²) < 4.78 is 0. The zero-order valence-electron chi connectivity index (χ0n) is 11.3. The van der Waals surface area contributed by atoms with Crippen molar-refractivity contribution in [1.29, 1.82) is 0 Å². The molecule has 0 spiro atoms. The Kier molecular flexibility index (Phi) is 4.02. The normalized spacial score (nSPS) is 24.6. The fourth-order valence-electron chi connectivity index (χ4n) is 2.39. The second-order valence-corrected chi connectivity index (χ2v) is 5.46. The lowest BCUT2D eigenvalue weighted by Crippen LogP contribution is -2.32. The summed E-state index contributed by atoms with van der Waals surface area (Å²) in [6.45, 7) is 6.99. The summed E-state index contributed by atoms with van der Waals surface area (Å²) in [6.07, 6.45) is 0.986. The summed E-state index contributed by atoms with van der Waals surface area (Å²) in [7, 11) is 0. The average Bonchev–Trinajstić information content (AvgIpc) is 2.58. The molecule has 1 aromatic rings. The predicted octanol–water partition coefficient (Wildman–Crippen LogP) is 3.01. The van der Waals surface area contributed by atoms with Gasteiger partial charge in [-0.25, -0.2) is 4.79 Å². The van der Waals surface area contributed by atoms with Crippen LogP contribution in [-0.4, -0.2) is 17.1 Å². The molecule has 1 aliphatic rings. The quantitative estimate of drug-likeness (QED) is 0.819. The molecule has 0 bridgehead atoms. The maximum absolute atomic E-state index is 11.7. The molecule has 18 heavy (non-hydrogen) atoms. The topological polar surface area (TPSA) is 29.5 Å². The van der Waals surface area contributed by atoms with Gasteiger partial charge in [0.15, 0.2) is 0 Å². The standard InChI is InChI=1S/C15H21NO2/c1-11(2)9-14-12(3)15(17)18-16(14)10-13-7-5-4-6-8-13/h4-8,11-12,14H,9-10H2,1-3H3/t12-,14-/m1/s1. The van der Waals surface area contributed by atoms with Crippen molar-refractivity contribution < 1.29 is 9.63 Å². The van der Waals surface area contributed by atoms with E-state index in [0.29, 0.717) is 12.5 Å². The zero-order valence-corrected chi connectivity index (χ0v) is 11.3. The number of hydroxylamine groups is 2. The molecule has 1 fully saturated rings. The van der Waals surface area contributed by atoms with Crippen molar-refractivity contribution in [1.82, 2.24) is 5.06 Å². The monoisotopic (exact) mass is 247 g/mol. The van der Waals surface area contributed by atoms with Gasteiger partial charge in [-0.15, -0.1) is 5.06 Å². The molecule has 2 atom stereocenters. The molecule has 0 aliphatic carbocycles. The molecule has 0 N–H and O–H groups in total. The molecule has 0 unspecified atom stereocenters. The van der Waals surface area contributed by atoms with E-state index in [-0.39, 0.29) is 17.9 Å². The molecule has 3 heteroatoms. The maximum Gasteiger partial charge on any atom is 0.329 e. The van der Waals surface area contributed by atoms with Crippen LogP contribution < -0.4 is 0 Å². The van der Waals surface area contributed by atoms with Gasteiger partial charge in [0, 0.05) is 0 Å². The number of carbonyl (C=O) groups is 1. The molecule has 0 saturated carbocycles. The fraction of sp³-hybridized carbons (Fsp3) is 0.533. The van der Waals surface area contributed by atoms with Crippen LogP contribution >= 0.6 is 0 Å². The smallest absolute Gasteiger partial charge is 0.329 e. The first-order valence-corrected chi connectivity index (χ1v) is 6.60. The molecule has 1 saturated heterocycles. The molecule has 0 aromatic heterocycles. The summed E-state index contributed by atoms with van der Waals surface area (Å²) in [5.74, 6) is 0.429. The highest BCUT2D eigenvalue weighted by Gasteiger charge is 2.40. The number of hydrogen-bond acceptors (Lipinski definition) is 3. The number of benzene rings is 1. The third-order valence-electron chi connectivity index (χ3n) is 3.42. The summed E-state index contributed by atoms with van der Waals surface area (Å²) in [6, 6.07) is 10.3. The molecule has 1 aliphatic heterocycles. The van der Waals surface area contributed by atoms with Crippen LogP contribution in [0.3, 0.4) is 0 Å². The van der Waals surface area contributed by atoms with Gasteiger partial charge in [-0.2, -0.15) is 0 Å². The van der Waals surface area contributed by atoms with E-state index in [1.165, 1.54) is 5.56 Å². The summed E-state index contributed by atoms with van der Waals surface area (Å²) in [5.41, 5.74) is 1.17. The van der Waals surface area contributed by atoms with Crippen molar-refractivity contribution in [2.24, 2.45) is 11.8 Å². The van der Waals surface area contributed by atoms with Crippen molar-refractivity contribution >= 4 is 5.97 Å². The van der Waals surface area contributed by atoms with E-state index in [4.69, 9.17) is 4.84 Å². The molecule has 0 amide bonds. The van der Waals surface area contributed by atoms with Gasteiger partial charge in [-0.1, -0.05) is 51.1 Å². The van der Waals surface area contributed by atoms with E-state index in [2.05, 4.69) is 26.0 Å². The van der Waals surface area contributed by atoms with Gasteiger partial charge in [-0.3, -0.25) is 0 Å². The van der Waals surface area contributed by atoms with Crippen LogP contribution in [0.2, 0.25) is 0 Å². The van der Waals surface area contributed by atoms with Crippen molar-refractivity contribution in [3.05, 3.63) is 35.9 Å². The molecule has 1 aromatic carbocycles. The van der Waals surface area contributed by atoms with E-state index < -0.39 is 0 Å². The minimum absolute atomic E-state index is 0.0314. The lowest BCUT2D eigenvalue weighted by atomic mass is 9.94. The first-order valence-electron chi connectivity index (χ1n) is 6.60. The minimum atomic E-state index is -0.100. The third kappa shape index (κ3) is 2.91. The SMILES string of the molecule is CC(C)C[C@@H]1[C@@H](C)C(=O)ON1Cc1ccccc1. The largest absolute Gasteiger partial charge is 0.367 e. The first kappa shape index (κ1) is 13.1. The second-order valence-electron chi connectivity index (χ2n) is 5.46. The van der Waals surface area contributed by atoms with E-state index in [0.717, 1.165) is 6.42 Å². The molecule has 3 nitrogen and oxygen atoms in total. The highest BCUT2D eigenvalue weighted by atomic mass is 16.7. The number of carbonyl (C=O) groups excluding carboxylic acids is 1. The van der Waals surface area contributed by atoms with Crippen LogP contribution in [0.15, 0.2) is 30.3 Å². The molecule has 0 radical (unpaired) electrons. The fourth-order valence-corrected chi connectivity index (χ4v) is 2.39. The van der Waals surface area contributed by atoms with Gasteiger partial charge in [-0.05, 0) is 17.9 Å². The van der Waals surface area contributed by atoms with Crippen molar-refractivity contribution in [3.8, 4) is 0 Å². The first-order chi connectivity index (χ1) is 8.58. The van der Waals surface area contributed by atoms with E-state index >= 15 is 0 Å². The molecular weight excluding hydrogens is 226 g/mol. The van der Waals surface area contributed by atoms with Gasteiger partial charge in [0.05, 0.1) is 18.5 Å². The number of nitrogens with zero attached hydrogens (tertiary/aromatic N) is 1. The maximum atomic E-state index is 11.7. The summed E-state index contributed by atoms with van der Waals surface area (Å²) in [4.78, 5) is 17.1. The Morgan fingerprint density at radius 2 is 1.94 bits per heavy atom. The Balaban J connectivity index is 2.08. The van der Waals surface area contributed by atoms with E-state index in [1.807, 2.05) is 30.2 Å². The average molecular weight is 247 g/mol. The van der Waals surface area contributed by atoms with Crippen LogP contribution in [0.4, 0.5) is 0 Å². The van der Waals surface area contributed by atoms with Crippen LogP contribution in [0.1, 0.15) is 32.8 Å². The number of hydrogen-bond donors (Lipinski definition) is 0. The molecule has 2 rings (SSSR count). The second kappa shape index (κ2) is 5.53. The van der Waals surface area contributed by atoms with Gasteiger partial charge < -0.3 is 4.84 Å². The van der Waals surface area contributed by atoms with E-state index in [9.17, 15) is 4.79 Å². The zero-order chi connectivity index (χ0) is 13.1. The van der Waals surface area contributed by atoms with Crippen LogP contribution in [0.5, 0.6) is 0 Å². The van der Waals surface area contributed by atoms with Crippen molar-refractivity contribution in [2.75, 3.05) is 0 Å². The van der Waals surface area contributed by atoms with Gasteiger partial charge in [0.1, 0.15) is 0 Å². The molecule has 1 heterocycles. The number of rotatable bonds is 4. The third-order valence-corrected chi connectivity index (χ3v) is 3.42. The van der Waals surface area contributed by atoms with Crippen molar-refractivity contribution in [2.45, 2.75) is 39.8 Å². The van der Waals surface area contributed by atoms with Crippen LogP contribution in [-0.2, 0) is 16.2 Å². The Morgan fingerprint density at radius 1 is 1.28 bits per heavy atom. The summed E-state index contributed by atoms with van der Waals surface area (Å²) in [5, 5.41) is 1.85. The molecule has 98 valence electrons. The lowest BCUT2D eigenvalue weighted by molar-refractivity contribution is -0.179. The van der Waals surface area contributed by atoms with Gasteiger partial charge >= 0.3 is 5.97 Å². The van der Waals surface area contributed by atoms with Crippen LogP contribution in [0, 0.1) is 11.8 Å². The van der Waals surface area contributed by atoms with Crippen molar-refractivity contribution in [3.63, 3.8) is 0 Å². The lowest BCUT2D eigenvalue weighted by Gasteiger charge is -2.24. The minimum Gasteiger partial charge on any atom is -0.367 e. The highest BCUT2D eigenvalue weighted by Crippen LogP contribution is 2.29. The Bertz CT molecular complexity index is 402. The van der Waals surface area contributed by atoms with E-state index in [1.54, 1.807) is 0 Å².